The highest BCUT2D eigenvalue weighted by Crippen LogP contribution is 2.33. The van der Waals surface area contributed by atoms with Crippen molar-refractivity contribution in [2.75, 3.05) is 18.6 Å². The lowest BCUT2D eigenvalue weighted by Crippen LogP contribution is -2.48. The quantitative estimate of drug-likeness (QED) is 0.846. The molecule has 1 unspecified atom stereocenters. The van der Waals surface area contributed by atoms with Gasteiger partial charge in [0.2, 0.25) is 0 Å². The van der Waals surface area contributed by atoms with E-state index in [0.29, 0.717) is 30.0 Å². The average Bonchev–Trinajstić information content (AvgIpc) is 2.81. The van der Waals surface area contributed by atoms with Gasteiger partial charge in [0.25, 0.3) is 0 Å². The van der Waals surface area contributed by atoms with Gasteiger partial charge in [-0.15, -0.1) is 0 Å². The molecule has 6 heteroatoms. The van der Waals surface area contributed by atoms with Gasteiger partial charge in [-0.3, -0.25) is 0 Å². The molecule has 1 aromatic heterocycles. The molecule has 20 heavy (non-hydrogen) atoms. The van der Waals surface area contributed by atoms with Gasteiger partial charge in [-0.25, -0.2) is 14.6 Å². The van der Waals surface area contributed by atoms with Crippen molar-refractivity contribution >= 4 is 17.8 Å². The van der Waals surface area contributed by atoms with Crippen LogP contribution in [0.25, 0.3) is 0 Å². The maximum absolute atomic E-state index is 11.5. The molecule has 0 bridgehead atoms. The fraction of sp³-hybridized carbons (Fsp3) is 0.500. The molecule has 1 saturated heterocycles. The summed E-state index contributed by atoms with van der Waals surface area (Å²) in [4.78, 5) is 29.1. The molecular formula is C14H18N2O4. The standard InChI is InChI=1S/C14H18N2O4/c1-9-10(12(17)20-3)5-6-11(15-9)16-8-4-7-14(16,2)13(18)19/h5-6H,4,7-8H2,1-3H3,(H,18,19). The number of aryl methyl sites for hydroxylation is 1. The summed E-state index contributed by atoms with van der Waals surface area (Å²) >= 11 is 0. The maximum Gasteiger partial charge on any atom is 0.339 e. The Morgan fingerprint density at radius 3 is 2.70 bits per heavy atom. The van der Waals surface area contributed by atoms with Gasteiger partial charge < -0.3 is 14.7 Å². The maximum atomic E-state index is 11.5. The SMILES string of the molecule is COC(=O)c1ccc(N2CCCC2(C)C(=O)O)nc1C. The second-order valence-electron chi connectivity index (χ2n) is 5.13. The number of aliphatic carboxylic acids is 1. The minimum atomic E-state index is -0.938. The summed E-state index contributed by atoms with van der Waals surface area (Å²) in [7, 11) is 1.32. The van der Waals surface area contributed by atoms with Crippen molar-refractivity contribution in [2.45, 2.75) is 32.2 Å². The molecular weight excluding hydrogens is 260 g/mol. The van der Waals surface area contributed by atoms with E-state index in [1.165, 1.54) is 7.11 Å². The average molecular weight is 278 g/mol. The number of nitrogens with zero attached hydrogens (tertiary/aromatic N) is 2. The van der Waals surface area contributed by atoms with Crippen molar-refractivity contribution in [3.63, 3.8) is 0 Å². The van der Waals surface area contributed by atoms with E-state index in [-0.39, 0.29) is 0 Å². The lowest BCUT2D eigenvalue weighted by atomic mass is 9.99. The van der Waals surface area contributed by atoms with E-state index in [4.69, 9.17) is 0 Å². The zero-order chi connectivity index (χ0) is 14.9. The number of hydrogen-bond acceptors (Lipinski definition) is 5. The number of pyridine rings is 1. The lowest BCUT2D eigenvalue weighted by Gasteiger charge is -2.32. The minimum absolute atomic E-state index is 0.396. The third kappa shape index (κ3) is 2.21. The Kier molecular flexibility index (Phi) is 3.65. The second-order valence-corrected chi connectivity index (χ2v) is 5.13. The third-order valence-electron chi connectivity index (χ3n) is 3.85. The Morgan fingerprint density at radius 1 is 1.45 bits per heavy atom. The van der Waals surface area contributed by atoms with Crippen molar-refractivity contribution in [3.05, 3.63) is 23.4 Å². The van der Waals surface area contributed by atoms with Gasteiger partial charge in [-0.05, 0) is 38.8 Å². The first-order valence-electron chi connectivity index (χ1n) is 6.47. The van der Waals surface area contributed by atoms with Crippen LogP contribution in [0, 0.1) is 6.92 Å². The molecule has 0 radical (unpaired) electrons. The number of ether oxygens (including phenoxy) is 1. The molecule has 0 spiro atoms. The largest absolute Gasteiger partial charge is 0.480 e. The van der Waals surface area contributed by atoms with Crippen LogP contribution in [0.2, 0.25) is 0 Å². The normalized spacial score (nSPS) is 21.9. The molecule has 0 saturated carbocycles. The van der Waals surface area contributed by atoms with E-state index < -0.39 is 17.5 Å². The van der Waals surface area contributed by atoms with Crippen LogP contribution in [0.5, 0.6) is 0 Å². The highest BCUT2D eigenvalue weighted by atomic mass is 16.5. The van der Waals surface area contributed by atoms with Crippen LogP contribution in [-0.2, 0) is 9.53 Å². The van der Waals surface area contributed by atoms with Crippen molar-refractivity contribution in [1.82, 2.24) is 4.98 Å². The van der Waals surface area contributed by atoms with Crippen LogP contribution in [0.1, 0.15) is 35.8 Å². The Balaban J connectivity index is 2.37. The van der Waals surface area contributed by atoms with E-state index in [0.717, 1.165) is 6.42 Å². The van der Waals surface area contributed by atoms with E-state index >= 15 is 0 Å². The van der Waals surface area contributed by atoms with E-state index in [9.17, 15) is 14.7 Å². The predicted molar refractivity (Wildman–Crippen MR) is 72.9 cm³/mol. The smallest absolute Gasteiger partial charge is 0.339 e. The molecule has 0 amide bonds. The Labute approximate surface area is 117 Å². The summed E-state index contributed by atoms with van der Waals surface area (Å²) < 4.78 is 4.67. The number of rotatable bonds is 3. The Morgan fingerprint density at radius 2 is 2.15 bits per heavy atom. The van der Waals surface area contributed by atoms with E-state index in [2.05, 4.69) is 9.72 Å². The van der Waals surface area contributed by atoms with Crippen LogP contribution in [0.3, 0.4) is 0 Å². The fourth-order valence-electron chi connectivity index (χ4n) is 2.58. The number of hydrogen-bond donors (Lipinski definition) is 1. The predicted octanol–water partition coefficient (Wildman–Crippen LogP) is 1.62. The van der Waals surface area contributed by atoms with Gasteiger partial charge in [-0.2, -0.15) is 0 Å². The molecule has 1 fully saturated rings. The molecule has 0 aromatic carbocycles. The van der Waals surface area contributed by atoms with Crippen LogP contribution in [-0.4, -0.2) is 41.2 Å². The molecule has 1 N–H and O–H groups in total. The minimum Gasteiger partial charge on any atom is -0.480 e. The van der Waals surface area contributed by atoms with Gasteiger partial charge in [-0.1, -0.05) is 0 Å². The number of aromatic nitrogens is 1. The summed E-state index contributed by atoms with van der Waals surface area (Å²) in [5.74, 6) is -0.715. The first kappa shape index (κ1) is 14.3. The molecule has 1 aromatic rings. The van der Waals surface area contributed by atoms with Crippen LogP contribution in [0.15, 0.2) is 12.1 Å². The number of carbonyl (C=O) groups is 2. The zero-order valence-corrected chi connectivity index (χ0v) is 11.8. The molecule has 1 aliphatic rings. The molecule has 2 heterocycles. The summed E-state index contributed by atoms with van der Waals surface area (Å²) in [6, 6.07) is 3.30. The number of carboxylic acid groups (broad SMARTS) is 1. The molecule has 108 valence electrons. The fourth-order valence-corrected chi connectivity index (χ4v) is 2.58. The first-order chi connectivity index (χ1) is 9.40. The van der Waals surface area contributed by atoms with Crippen molar-refractivity contribution in [1.29, 1.82) is 0 Å². The van der Waals surface area contributed by atoms with Crippen molar-refractivity contribution in [2.24, 2.45) is 0 Å². The third-order valence-corrected chi connectivity index (χ3v) is 3.85. The second kappa shape index (κ2) is 5.11. The first-order valence-corrected chi connectivity index (χ1v) is 6.47. The number of anilines is 1. The summed E-state index contributed by atoms with van der Waals surface area (Å²) in [6.07, 6.45) is 1.39. The molecule has 0 aliphatic carbocycles. The van der Waals surface area contributed by atoms with Crippen LogP contribution < -0.4 is 4.90 Å². The number of methoxy groups -OCH3 is 1. The highest BCUT2D eigenvalue weighted by Gasteiger charge is 2.44. The zero-order valence-electron chi connectivity index (χ0n) is 11.8. The van der Waals surface area contributed by atoms with Gasteiger partial charge in [0.05, 0.1) is 18.4 Å². The van der Waals surface area contributed by atoms with Crippen molar-refractivity contribution < 1.29 is 19.4 Å². The summed E-state index contributed by atoms with van der Waals surface area (Å²) in [6.45, 7) is 4.06. The number of esters is 1. The van der Waals surface area contributed by atoms with Crippen molar-refractivity contribution in [3.8, 4) is 0 Å². The summed E-state index contributed by atoms with van der Waals surface area (Å²) in [5.41, 5.74) is -0.00636. The molecule has 2 rings (SSSR count). The van der Waals surface area contributed by atoms with Crippen LogP contribution >= 0.6 is 0 Å². The molecule has 6 nitrogen and oxygen atoms in total. The van der Waals surface area contributed by atoms with Gasteiger partial charge >= 0.3 is 11.9 Å². The van der Waals surface area contributed by atoms with Crippen LogP contribution in [0.4, 0.5) is 5.82 Å². The topological polar surface area (TPSA) is 79.7 Å². The Hall–Kier alpha value is -2.11. The number of carbonyl (C=O) groups excluding carboxylic acids is 1. The van der Waals surface area contributed by atoms with Gasteiger partial charge in [0, 0.05) is 6.54 Å². The van der Waals surface area contributed by atoms with Gasteiger partial charge in [0.15, 0.2) is 0 Å². The number of carboxylic acids is 1. The Bertz CT molecular complexity index is 558. The molecule has 1 atom stereocenters. The monoisotopic (exact) mass is 278 g/mol. The highest BCUT2D eigenvalue weighted by molar-refractivity contribution is 5.91. The molecule has 1 aliphatic heterocycles. The van der Waals surface area contributed by atoms with E-state index in [1.54, 1.807) is 30.9 Å². The van der Waals surface area contributed by atoms with E-state index in [1.807, 2.05) is 0 Å². The summed E-state index contributed by atoms with van der Waals surface area (Å²) in [5, 5.41) is 9.41. The van der Waals surface area contributed by atoms with Gasteiger partial charge in [0.1, 0.15) is 11.4 Å². The lowest BCUT2D eigenvalue weighted by molar-refractivity contribution is -0.142.